The first-order valence-corrected chi connectivity index (χ1v) is 5.31. The van der Waals surface area contributed by atoms with Gasteiger partial charge in [-0.25, -0.2) is 0 Å². The molecule has 4 N–H and O–H groups in total. The summed E-state index contributed by atoms with van der Waals surface area (Å²) in [5.41, 5.74) is 11.8. The zero-order valence-corrected chi connectivity index (χ0v) is 11.2. The topological polar surface area (TPSA) is 119 Å². The Labute approximate surface area is 117 Å². The quantitative estimate of drug-likeness (QED) is 0.645. The van der Waals surface area contributed by atoms with Crippen LogP contribution in [0.15, 0.2) is 22.7 Å². The molecule has 0 fully saturated rings. The Kier molecular flexibility index (Phi) is 4.36. The fourth-order valence-electron chi connectivity index (χ4n) is 1.30. The molecule has 0 saturated carbocycles. The van der Waals surface area contributed by atoms with Gasteiger partial charge in [-0.1, -0.05) is 15.9 Å². The summed E-state index contributed by atoms with van der Waals surface area (Å²) in [6.07, 6.45) is 0. The van der Waals surface area contributed by atoms with Crippen molar-refractivity contribution in [3.05, 3.63) is 27.6 Å². The molecule has 0 aliphatic carbocycles. The predicted molar refractivity (Wildman–Crippen MR) is 66.5 cm³/mol. The molecule has 0 atom stereocenters. The second kappa shape index (κ2) is 5.57. The van der Waals surface area contributed by atoms with Crippen LogP contribution in [-0.2, 0) is 0 Å². The van der Waals surface area contributed by atoms with Gasteiger partial charge in [-0.15, -0.1) is 0 Å². The van der Waals surface area contributed by atoms with Crippen molar-refractivity contribution >= 4 is 33.5 Å². The van der Waals surface area contributed by atoms with Crippen molar-refractivity contribution < 1.29 is 12.4 Å². The van der Waals surface area contributed by atoms with E-state index in [2.05, 4.69) is 35.9 Å². The van der Waals surface area contributed by atoms with Crippen LogP contribution in [0.5, 0.6) is 0 Å². The summed E-state index contributed by atoms with van der Waals surface area (Å²) in [4.78, 5) is 14.7. The molecule has 9 heteroatoms. The highest BCUT2D eigenvalue weighted by molar-refractivity contribution is 9.10. The summed E-state index contributed by atoms with van der Waals surface area (Å²) in [6, 6.07) is 5.03. The maximum absolute atomic E-state index is 8.89. The van der Waals surface area contributed by atoms with Crippen LogP contribution in [0.2, 0.25) is 0 Å². The Morgan fingerprint density at radius 1 is 1.11 bits per heavy atom. The molecule has 18 heavy (non-hydrogen) atoms. The lowest BCUT2D eigenvalue weighted by Crippen LogP contribution is -3.00. The van der Waals surface area contributed by atoms with E-state index in [0.29, 0.717) is 11.3 Å². The third-order valence-corrected chi connectivity index (χ3v) is 2.47. The van der Waals surface area contributed by atoms with Gasteiger partial charge in [0.05, 0.1) is 0 Å². The first-order chi connectivity index (χ1) is 8.10. The van der Waals surface area contributed by atoms with Gasteiger partial charge < -0.3 is 23.9 Å². The van der Waals surface area contributed by atoms with Gasteiger partial charge in [0.25, 0.3) is 0 Å². The van der Waals surface area contributed by atoms with Crippen LogP contribution < -0.4 is 23.9 Å². The highest BCUT2D eigenvalue weighted by Gasteiger charge is 2.19. The third-order valence-electron chi connectivity index (χ3n) is 1.98. The summed E-state index contributed by atoms with van der Waals surface area (Å²) >= 11 is 3.30. The lowest BCUT2D eigenvalue weighted by molar-refractivity contribution is -0.00000397. The van der Waals surface area contributed by atoms with E-state index in [-0.39, 0.29) is 30.1 Å². The average Bonchev–Trinajstić information content (AvgIpc) is 2.27. The molecular formula is C9H7BrClN7. The normalized spacial score (nSPS) is 9.33. The number of aromatic nitrogens is 3. The van der Waals surface area contributed by atoms with Crippen molar-refractivity contribution in [2.24, 2.45) is 0 Å². The zero-order valence-electron chi connectivity index (χ0n) is 8.88. The molecule has 0 saturated heterocycles. The number of rotatable bonds is 1. The SMILES string of the molecule is N#[N+]c1ccc(Br)cc1-c1nc(N)nc(N)n1.[Cl-]. The minimum absolute atomic E-state index is 0. The van der Waals surface area contributed by atoms with Crippen molar-refractivity contribution in [1.82, 2.24) is 15.0 Å². The largest absolute Gasteiger partial charge is 1.00 e. The first kappa shape index (κ1) is 14.1. The molecule has 0 radical (unpaired) electrons. The van der Waals surface area contributed by atoms with Gasteiger partial charge in [-0.2, -0.15) is 15.0 Å². The van der Waals surface area contributed by atoms with Crippen LogP contribution in [0.3, 0.4) is 0 Å². The standard InChI is InChI=1S/C9H7BrN7.ClH/c10-4-1-2-6(17-13)5(3-4)7-14-8(11)16-9(12)15-7;/h1-3H,(H4,11,12,14,15,16);1H/q+1;/p-1. The summed E-state index contributed by atoms with van der Waals surface area (Å²) in [5.74, 6) is 0.275. The summed E-state index contributed by atoms with van der Waals surface area (Å²) in [5, 5.41) is 8.89. The molecule has 0 spiro atoms. The highest BCUT2D eigenvalue weighted by Crippen LogP contribution is 2.31. The van der Waals surface area contributed by atoms with Crippen LogP contribution in [-0.4, -0.2) is 15.0 Å². The number of nitrogens with two attached hydrogens (primary N) is 2. The number of halogens is 2. The van der Waals surface area contributed by atoms with Gasteiger partial charge in [0.1, 0.15) is 5.56 Å². The fourth-order valence-corrected chi connectivity index (χ4v) is 1.67. The Hall–Kier alpha value is -1.98. The molecule has 0 aliphatic heterocycles. The summed E-state index contributed by atoms with van der Waals surface area (Å²) in [7, 11) is 0. The average molecular weight is 329 g/mol. The minimum Gasteiger partial charge on any atom is -1.00 e. The molecule has 0 bridgehead atoms. The van der Waals surface area contributed by atoms with E-state index >= 15 is 0 Å². The Morgan fingerprint density at radius 2 is 1.72 bits per heavy atom. The molecule has 1 aromatic carbocycles. The van der Waals surface area contributed by atoms with E-state index in [1.165, 1.54) is 0 Å². The second-order valence-electron chi connectivity index (χ2n) is 3.14. The van der Waals surface area contributed by atoms with Crippen molar-refractivity contribution in [3.8, 4) is 11.4 Å². The van der Waals surface area contributed by atoms with Gasteiger partial charge in [-0.05, 0) is 12.1 Å². The molecule has 1 aromatic heterocycles. The molecule has 92 valence electrons. The zero-order chi connectivity index (χ0) is 12.4. The lowest BCUT2D eigenvalue weighted by atomic mass is 10.2. The van der Waals surface area contributed by atoms with Crippen molar-refractivity contribution in [1.29, 1.82) is 5.39 Å². The summed E-state index contributed by atoms with van der Waals surface area (Å²) in [6.45, 7) is 0. The van der Waals surface area contributed by atoms with Crippen molar-refractivity contribution in [3.63, 3.8) is 0 Å². The molecule has 0 amide bonds. The van der Waals surface area contributed by atoms with Gasteiger partial charge >= 0.3 is 5.69 Å². The van der Waals surface area contributed by atoms with Gasteiger partial charge in [0, 0.05) is 10.5 Å². The molecule has 0 unspecified atom stereocenters. The van der Waals surface area contributed by atoms with E-state index < -0.39 is 0 Å². The van der Waals surface area contributed by atoms with Crippen LogP contribution in [0.25, 0.3) is 16.4 Å². The fraction of sp³-hybridized carbons (Fsp3) is 0. The van der Waals surface area contributed by atoms with E-state index in [0.717, 1.165) is 4.47 Å². The molecular weight excluding hydrogens is 322 g/mol. The Bertz CT molecular complexity index is 605. The Morgan fingerprint density at radius 3 is 2.28 bits per heavy atom. The van der Waals surface area contributed by atoms with E-state index in [9.17, 15) is 0 Å². The predicted octanol–water partition coefficient (Wildman–Crippen LogP) is -1.05. The number of anilines is 2. The van der Waals surface area contributed by atoms with Gasteiger partial charge in [0.15, 0.2) is 10.8 Å². The maximum Gasteiger partial charge on any atom is 0.396 e. The van der Waals surface area contributed by atoms with Gasteiger partial charge in [0.2, 0.25) is 17.3 Å². The highest BCUT2D eigenvalue weighted by atomic mass is 79.9. The molecule has 7 nitrogen and oxygen atoms in total. The second-order valence-corrected chi connectivity index (χ2v) is 4.05. The van der Waals surface area contributed by atoms with Gasteiger partial charge in [-0.3, -0.25) is 0 Å². The third kappa shape index (κ3) is 2.82. The first-order valence-electron chi connectivity index (χ1n) is 4.52. The van der Waals surface area contributed by atoms with E-state index in [4.69, 9.17) is 16.9 Å². The molecule has 2 aromatic rings. The number of hydrogen-bond acceptors (Lipinski definition) is 6. The van der Waals surface area contributed by atoms with Crippen molar-refractivity contribution in [2.45, 2.75) is 0 Å². The van der Waals surface area contributed by atoms with Crippen LogP contribution in [0.4, 0.5) is 17.6 Å². The smallest absolute Gasteiger partial charge is 0.396 e. The molecule has 0 aliphatic rings. The summed E-state index contributed by atoms with van der Waals surface area (Å²) < 4.78 is 0.789. The van der Waals surface area contributed by atoms with Crippen LogP contribution in [0.1, 0.15) is 0 Å². The maximum atomic E-state index is 8.89. The molecule has 2 rings (SSSR count). The van der Waals surface area contributed by atoms with E-state index in [1.54, 1.807) is 18.2 Å². The Balaban J connectivity index is 0.00000162. The van der Waals surface area contributed by atoms with Crippen molar-refractivity contribution in [2.75, 3.05) is 11.5 Å². The molecule has 1 heterocycles. The number of hydrogen-bond donors (Lipinski definition) is 2. The van der Waals surface area contributed by atoms with Crippen LogP contribution in [0, 0.1) is 5.39 Å². The number of diazo groups is 1. The monoisotopic (exact) mass is 327 g/mol. The number of nitrogens with zero attached hydrogens (tertiary/aromatic N) is 5. The van der Waals surface area contributed by atoms with Crippen LogP contribution >= 0.6 is 15.9 Å². The lowest BCUT2D eigenvalue weighted by Gasteiger charge is -2.00. The number of benzene rings is 1. The number of nitrogen functional groups attached to an aromatic ring is 2. The van der Waals surface area contributed by atoms with E-state index in [1.807, 2.05) is 0 Å². The minimum atomic E-state index is 0.